The highest BCUT2D eigenvalue weighted by atomic mass is 32.1. The molecule has 0 N–H and O–H groups in total. The van der Waals surface area contributed by atoms with Gasteiger partial charge in [0.25, 0.3) is 0 Å². The molecule has 0 aliphatic heterocycles. The molecule has 268 valence electrons. The summed E-state index contributed by atoms with van der Waals surface area (Å²) in [6.07, 6.45) is 0. The van der Waals surface area contributed by atoms with Crippen LogP contribution in [-0.4, -0.2) is 23.4 Å². The Morgan fingerprint density at radius 2 is 1.07 bits per heavy atom. The number of rotatable bonds is 10. The predicted octanol–water partition coefficient (Wildman–Crippen LogP) is 10.5. The summed E-state index contributed by atoms with van der Waals surface area (Å²) in [5.74, 6) is -1.54. The minimum absolute atomic E-state index is 0.0731. The van der Waals surface area contributed by atoms with Crippen LogP contribution in [0.15, 0.2) is 107 Å². The number of hydrogen-bond acceptors (Lipinski definition) is 15. The number of aliphatic imine (C=N–C) groups is 2. The van der Waals surface area contributed by atoms with Crippen molar-refractivity contribution in [1.82, 2.24) is 0 Å². The molecule has 2 aromatic carbocycles. The summed E-state index contributed by atoms with van der Waals surface area (Å²) < 4.78 is 13.8. The summed E-state index contributed by atoms with van der Waals surface area (Å²) in [7, 11) is 0. The number of esters is 2. The second kappa shape index (κ2) is 15.3. The largest absolute Gasteiger partial charge is 0.459 e. The van der Waals surface area contributed by atoms with Crippen molar-refractivity contribution < 1.29 is 19.1 Å². The van der Waals surface area contributed by atoms with Gasteiger partial charge in [0.15, 0.2) is 0 Å². The first-order chi connectivity index (χ1) is 27.4. The Kier molecular flexibility index (Phi) is 9.94. The lowest BCUT2D eigenvalue weighted by molar-refractivity contribution is -0.164. The van der Waals surface area contributed by atoms with Gasteiger partial charge in [-0.1, -0.05) is 60.7 Å². The van der Waals surface area contributed by atoms with Crippen molar-refractivity contribution >= 4 is 99.4 Å². The summed E-state index contributed by atoms with van der Waals surface area (Å²) >= 11 is 6.92. The van der Waals surface area contributed by atoms with Crippen molar-refractivity contribution in [1.29, 1.82) is 21.0 Å². The zero-order valence-corrected chi connectivity index (χ0v) is 32.6. The highest BCUT2D eigenvalue weighted by molar-refractivity contribution is 7.35. The van der Waals surface area contributed by atoms with Gasteiger partial charge in [0.1, 0.15) is 47.5 Å². The first kappa shape index (κ1) is 36.4. The van der Waals surface area contributed by atoms with E-state index in [-0.39, 0.29) is 24.6 Å². The quantitative estimate of drug-likeness (QED) is 0.0745. The average Bonchev–Trinajstić information content (AvgIpc) is 4.09. The number of nitriles is 4. The molecule has 0 spiro atoms. The number of carbonyl (C=O) groups is 2. The lowest BCUT2D eigenvalue weighted by Gasteiger charge is -2.26. The van der Waals surface area contributed by atoms with E-state index in [4.69, 9.17) is 9.47 Å². The molecule has 0 bridgehead atoms. The smallest absolute Gasteiger partial charge is 0.333 e. The molecule has 0 saturated carbocycles. The lowest BCUT2D eigenvalue weighted by atomic mass is 9.79. The van der Waals surface area contributed by atoms with E-state index < -0.39 is 17.4 Å². The second-order valence-corrected chi connectivity index (χ2v) is 17.3. The van der Waals surface area contributed by atoms with Crippen LogP contribution >= 0.6 is 56.7 Å². The third-order valence-corrected chi connectivity index (χ3v) is 14.7. The molecular formula is C41H20N6O4S5. The van der Waals surface area contributed by atoms with Crippen LogP contribution in [0.2, 0.25) is 0 Å². The normalized spacial score (nSPS) is 11.9. The van der Waals surface area contributed by atoms with Crippen LogP contribution in [-0.2, 0) is 37.7 Å². The number of benzene rings is 2. The Bertz CT molecular complexity index is 2830. The van der Waals surface area contributed by atoms with Crippen LogP contribution in [0, 0.1) is 45.3 Å². The van der Waals surface area contributed by atoms with Crippen molar-refractivity contribution in [2.24, 2.45) is 9.98 Å². The Morgan fingerprint density at radius 1 is 0.571 bits per heavy atom. The molecule has 5 aromatic heterocycles. The number of carbonyl (C=O) groups excluding carboxylic acids is 2. The summed E-state index contributed by atoms with van der Waals surface area (Å²) in [6, 6.07) is 36.6. The first-order valence-corrected chi connectivity index (χ1v) is 20.6. The van der Waals surface area contributed by atoms with Crippen LogP contribution in [0.3, 0.4) is 0 Å². The average molecular weight is 821 g/mol. The zero-order valence-electron chi connectivity index (χ0n) is 28.5. The summed E-state index contributed by atoms with van der Waals surface area (Å²) in [5, 5.41) is 37.9. The van der Waals surface area contributed by atoms with E-state index in [0.29, 0.717) is 21.1 Å². The molecule has 0 radical (unpaired) electrons. The van der Waals surface area contributed by atoms with Gasteiger partial charge in [-0.2, -0.15) is 21.0 Å². The molecule has 56 heavy (non-hydrogen) atoms. The van der Waals surface area contributed by atoms with Gasteiger partial charge >= 0.3 is 11.9 Å². The maximum Gasteiger partial charge on any atom is 0.333 e. The lowest BCUT2D eigenvalue weighted by Crippen LogP contribution is -2.45. The third kappa shape index (κ3) is 6.50. The predicted molar refractivity (Wildman–Crippen MR) is 220 cm³/mol. The maximum atomic E-state index is 15.0. The van der Waals surface area contributed by atoms with Gasteiger partial charge in [-0.25, -0.2) is 9.98 Å². The molecule has 0 saturated heterocycles. The Morgan fingerprint density at radius 3 is 1.57 bits per heavy atom. The van der Waals surface area contributed by atoms with E-state index in [2.05, 4.69) is 9.98 Å². The van der Waals surface area contributed by atoms with Gasteiger partial charge in [-0.3, -0.25) is 9.59 Å². The van der Waals surface area contributed by atoms with E-state index in [1.807, 2.05) is 84.9 Å². The van der Waals surface area contributed by atoms with E-state index in [9.17, 15) is 30.6 Å². The van der Waals surface area contributed by atoms with Gasteiger partial charge in [0.2, 0.25) is 16.8 Å². The van der Waals surface area contributed by atoms with E-state index in [0.717, 1.165) is 49.8 Å². The van der Waals surface area contributed by atoms with Crippen LogP contribution in [0.1, 0.15) is 22.3 Å². The fourth-order valence-corrected chi connectivity index (χ4v) is 12.2. The van der Waals surface area contributed by atoms with Gasteiger partial charge in [-0.15, -0.1) is 56.7 Å². The first-order valence-electron chi connectivity index (χ1n) is 16.5. The number of ether oxygens (including phenoxy) is 2. The summed E-state index contributed by atoms with van der Waals surface area (Å²) in [6.45, 7) is -0.146. The molecule has 0 fully saturated rings. The van der Waals surface area contributed by atoms with Gasteiger partial charge in [0, 0.05) is 35.3 Å². The minimum Gasteiger partial charge on any atom is -0.459 e. The van der Waals surface area contributed by atoms with Gasteiger partial charge in [0.05, 0.1) is 14.5 Å². The number of thiophene rings is 5. The molecule has 0 unspecified atom stereocenters. The molecule has 1 aliphatic rings. The zero-order chi connectivity index (χ0) is 38.8. The molecule has 5 heterocycles. The molecular weight excluding hydrogens is 801 g/mol. The Hall–Kier alpha value is -6.56. The van der Waals surface area contributed by atoms with Crippen molar-refractivity contribution in [2.75, 3.05) is 0 Å². The number of hydrogen-bond donors (Lipinski definition) is 0. The molecule has 15 heteroatoms. The van der Waals surface area contributed by atoms with Gasteiger partial charge in [-0.05, 0) is 47.5 Å². The fraction of sp³-hybridized carbons (Fsp3) is 0.0732. The summed E-state index contributed by atoms with van der Waals surface area (Å²) in [5.41, 5.74) is -0.0461. The van der Waals surface area contributed by atoms with Crippen molar-refractivity contribution in [3.05, 3.63) is 119 Å². The van der Waals surface area contributed by atoms with Crippen LogP contribution in [0.4, 0.5) is 10.0 Å². The minimum atomic E-state index is -1.99. The monoisotopic (exact) mass is 820 g/mol. The maximum absolute atomic E-state index is 15.0. The van der Waals surface area contributed by atoms with Crippen molar-refractivity contribution in [3.63, 3.8) is 0 Å². The standard InChI is InChI=1S/C41H20N6O4S5/c42-17-25(18-43)46-33-13-11-28(52-33)30-15-27-36(54-30)38-35(37-32(56-38)16-31(55-37)29-12-14-34(53-29)47-26(19-44)20-45)41(27,39(48)50-21-23-7-3-1-4-8-23)40(49)51-22-24-9-5-2-6-10-24/h1-16H,21-22H2. The third-order valence-electron chi connectivity index (χ3n) is 8.66. The Labute approximate surface area is 339 Å². The highest BCUT2D eigenvalue weighted by Gasteiger charge is 2.61. The van der Waals surface area contributed by atoms with E-state index >= 15 is 0 Å². The van der Waals surface area contributed by atoms with E-state index in [1.54, 1.807) is 36.4 Å². The SMILES string of the molecule is N#CC(C#N)=Nc1ccc(-c2cc3c(s2)-c2sc4cc(-c5ccc(N=C(C#N)C#N)s5)sc4c2C3(C(=O)OCc2ccccc2)C(=O)OCc2ccccc2)s1. The molecule has 7 aromatic rings. The number of fused-ring (bicyclic) bond motifs is 5. The molecule has 8 rings (SSSR count). The second-order valence-electron chi connectivity index (χ2n) is 12.0. The van der Waals surface area contributed by atoms with Crippen LogP contribution in [0.5, 0.6) is 0 Å². The molecule has 0 atom stereocenters. The van der Waals surface area contributed by atoms with E-state index in [1.165, 1.54) is 56.7 Å². The van der Waals surface area contributed by atoms with Gasteiger partial charge < -0.3 is 9.47 Å². The molecule has 1 aliphatic carbocycles. The highest BCUT2D eigenvalue weighted by Crippen LogP contribution is 2.62. The van der Waals surface area contributed by atoms with Crippen molar-refractivity contribution in [2.45, 2.75) is 18.6 Å². The summed E-state index contributed by atoms with van der Waals surface area (Å²) in [4.78, 5) is 43.0. The topological polar surface area (TPSA) is 172 Å². The molecule has 10 nitrogen and oxygen atoms in total. The van der Waals surface area contributed by atoms with Crippen LogP contribution < -0.4 is 0 Å². The Balaban J connectivity index is 1.30. The number of nitrogens with zero attached hydrogens (tertiary/aromatic N) is 6. The van der Waals surface area contributed by atoms with Crippen LogP contribution in [0.25, 0.3) is 38.7 Å². The van der Waals surface area contributed by atoms with Crippen molar-refractivity contribution in [3.8, 4) is 53.5 Å². The fourth-order valence-electron chi connectivity index (χ4n) is 6.19. The molecule has 0 amide bonds.